The van der Waals surface area contributed by atoms with E-state index in [4.69, 9.17) is 5.73 Å². The quantitative estimate of drug-likeness (QED) is 0.800. The number of carbonyl (C=O) groups excluding carboxylic acids is 1. The van der Waals surface area contributed by atoms with Gasteiger partial charge in [-0.15, -0.1) is 5.10 Å². The number of rotatable bonds is 4. The van der Waals surface area contributed by atoms with Crippen LogP contribution in [0.3, 0.4) is 0 Å². The third-order valence-corrected chi connectivity index (χ3v) is 3.73. The van der Waals surface area contributed by atoms with Crippen LogP contribution in [0.25, 0.3) is 5.69 Å². The molecule has 0 atom stereocenters. The standard InChI is InChI=1S/C18H19N5O/c1-3-14-9-7-8-12-16(14)22(17(19)24)18-20-13(2)21-23(18)15-10-5-4-6-11-15/h4-12H,3H2,1-2H3,(H2,19,24). The van der Waals surface area contributed by atoms with E-state index in [2.05, 4.69) is 10.1 Å². The van der Waals surface area contributed by atoms with E-state index in [1.165, 1.54) is 4.90 Å². The van der Waals surface area contributed by atoms with E-state index in [1.807, 2.05) is 61.5 Å². The van der Waals surface area contributed by atoms with Gasteiger partial charge >= 0.3 is 6.03 Å². The van der Waals surface area contributed by atoms with Gasteiger partial charge in [0.2, 0.25) is 5.95 Å². The second-order valence-electron chi connectivity index (χ2n) is 5.36. The number of hydrogen-bond acceptors (Lipinski definition) is 3. The number of amides is 2. The molecule has 6 heteroatoms. The van der Waals surface area contributed by atoms with Crippen LogP contribution in [0.2, 0.25) is 0 Å². The minimum absolute atomic E-state index is 0.382. The van der Waals surface area contributed by atoms with Gasteiger partial charge in [-0.25, -0.2) is 9.69 Å². The lowest BCUT2D eigenvalue weighted by atomic mass is 10.1. The maximum Gasteiger partial charge on any atom is 0.326 e. The lowest BCUT2D eigenvalue weighted by Gasteiger charge is -2.22. The molecule has 2 N–H and O–H groups in total. The van der Waals surface area contributed by atoms with E-state index in [-0.39, 0.29) is 0 Å². The van der Waals surface area contributed by atoms with Gasteiger partial charge in [-0.3, -0.25) is 0 Å². The Hall–Kier alpha value is -3.15. The zero-order valence-electron chi connectivity index (χ0n) is 13.7. The summed E-state index contributed by atoms with van der Waals surface area (Å²) in [5, 5.41) is 4.42. The van der Waals surface area contributed by atoms with Crippen LogP contribution in [0.5, 0.6) is 0 Å². The molecule has 0 fully saturated rings. The Balaban J connectivity index is 2.20. The molecule has 0 saturated heterocycles. The summed E-state index contributed by atoms with van der Waals surface area (Å²) in [5.74, 6) is 0.946. The fraction of sp³-hybridized carbons (Fsp3) is 0.167. The van der Waals surface area contributed by atoms with Gasteiger partial charge in [0.05, 0.1) is 11.4 Å². The van der Waals surface area contributed by atoms with Gasteiger partial charge in [-0.1, -0.05) is 43.3 Å². The maximum atomic E-state index is 12.2. The van der Waals surface area contributed by atoms with Gasteiger partial charge in [0.1, 0.15) is 5.82 Å². The number of hydrogen-bond donors (Lipinski definition) is 1. The Labute approximate surface area is 140 Å². The van der Waals surface area contributed by atoms with Gasteiger partial charge < -0.3 is 5.73 Å². The highest BCUT2D eigenvalue weighted by molar-refractivity contribution is 5.97. The second kappa shape index (κ2) is 6.54. The number of carbonyl (C=O) groups is 1. The highest BCUT2D eigenvalue weighted by Crippen LogP contribution is 2.29. The van der Waals surface area contributed by atoms with Crippen molar-refractivity contribution < 1.29 is 4.79 Å². The Morgan fingerprint density at radius 3 is 2.46 bits per heavy atom. The number of anilines is 2. The van der Waals surface area contributed by atoms with Crippen molar-refractivity contribution in [3.8, 4) is 5.69 Å². The number of aromatic nitrogens is 3. The molecule has 0 radical (unpaired) electrons. The van der Waals surface area contributed by atoms with Crippen molar-refractivity contribution in [2.75, 3.05) is 4.90 Å². The van der Waals surface area contributed by atoms with Gasteiger partial charge in [0.25, 0.3) is 0 Å². The second-order valence-corrected chi connectivity index (χ2v) is 5.36. The van der Waals surface area contributed by atoms with E-state index < -0.39 is 6.03 Å². The first kappa shape index (κ1) is 15.7. The van der Waals surface area contributed by atoms with Gasteiger partial charge in [0.15, 0.2) is 0 Å². The Morgan fingerprint density at radius 2 is 1.79 bits per heavy atom. The molecule has 6 nitrogen and oxygen atoms in total. The first-order valence-corrected chi connectivity index (χ1v) is 7.78. The first-order valence-electron chi connectivity index (χ1n) is 7.78. The molecule has 0 aliphatic heterocycles. The Morgan fingerprint density at radius 1 is 1.12 bits per heavy atom. The third-order valence-electron chi connectivity index (χ3n) is 3.73. The number of primary amides is 1. The van der Waals surface area contributed by atoms with Crippen LogP contribution < -0.4 is 10.6 Å². The molecule has 0 unspecified atom stereocenters. The molecule has 2 amide bonds. The maximum absolute atomic E-state index is 12.2. The Bertz CT molecular complexity index is 857. The predicted molar refractivity (Wildman–Crippen MR) is 93.6 cm³/mol. The van der Waals surface area contributed by atoms with E-state index in [0.29, 0.717) is 11.8 Å². The van der Waals surface area contributed by atoms with E-state index >= 15 is 0 Å². The van der Waals surface area contributed by atoms with Crippen molar-refractivity contribution in [3.05, 3.63) is 66.0 Å². The van der Waals surface area contributed by atoms with Crippen LogP contribution in [0, 0.1) is 6.92 Å². The zero-order valence-corrected chi connectivity index (χ0v) is 13.7. The summed E-state index contributed by atoms with van der Waals surface area (Å²) in [6.07, 6.45) is 0.776. The van der Waals surface area contributed by atoms with Crippen LogP contribution in [0.15, 0.2) is 54.6 Å². The normalized spacial score (nSPS) is 10.6. The summed E-state index contributed by atoms with van der Waals surface area (Å²) < 4.78 is 1.63. The first-order chi connectivity index (χ1) is 11.6. The summed E-state index contributed by atoms with van der Waals surface area (Å²) in [5.41, 5.74) is 8.23. The van der Waals surface area contributed by atoms with Crippen molar-refractivity contribution in [1.82, 2.24) is 14.8 Å². The van der Waals surface area contributed by atoms with Crippen LogP contribution in [0.1, 0.15) is 18.3 Å². The topological polar surface area (TPSA) is 77.0 Å². The van der Waals surface area contributed by atoms with E-state index in [0.717, 1.165) is 23.4 Å². The third kappa shape index (κ3) is 2.86. The highest BCUT2D eigenvalue weighted by atomic mass is 16.2. The van der Waals surface area contributed by atoms with Crippen molar-refractivity contribution in [2.24, 2.45) is 5.73 Å². The smallest absolute Gasteiger partial charge is 0.326 e. The van der Waals surface area contributed by atoms with E-state index in [1.54, 1.807) is 11.6 Å². The number of nitrogens with zero attached hydrogens (tertiary/aromatic N) is 4. The monoisotopic (exact) mass is 321 g/mol. The predicted octanol–water partition coefficient (Wildman–Crippen LogP) is 3.35. The molecule has 3 rings (SSSR count). The number of benzene rings is 2. The van der Waals surface area contributed by atoms with Gasteiger partial charge in [0, 0.05) is 0 Å². The van der Waals surface area contributed by atoms with Crippen LogP contribution >= 0.6 is 0 Å². The number of aryl methyl sites for hydroxylation is 2. The zero-order chi connectivity index (χ0) is 17.1. The molecular weight excluding hydrogens is 302 g/mol. The number of nitrogens with two attached hydrogens (primary N) is 1. The van der Waals surface area contributed by atoms with Crippen molar-refractivity contribution in [3.63, 3.8) is 0 Å². The number of urea groups is 1. The minimum Gasteiger partial charge on any atom is -0.351 e. The Kier molecular flexibility index (Phi) is 4.29. The molecule has 0 spiro atoms. The fourth-order valence-corrected chi connectivity index (χ4v) is 2.64. The molecule has 1 aromatic heterocycles. The molecule has 3 aromatic rings. The largest absolute Gasteiger partial charge is 0.351 e. The van der Waals surface area contributed by atoms with Gasteiger partial charge in [-0.05, 0) is 37.1 Å². The SMILES string of the molecule is CCc1ccccc1N(C(N)=O)c1nc(C)nn1-c1ccccc1. The highest BCUT2D eigenvalue weighted by Gasteiger charge is 2.24. The molecule has 24 heavy (non-hydrogen) atoms. The average molecular weight is 321 g/mol. The lowest BCUT2D eigenvalue weighted by molar-refractivity contribution is 0.255. The van der Waals surface area contributed by atoms with Gasteiger partial charge in [-0.2, -0.15) is 9.67 Å². The van der Waals surface area contributed by atoms with Crippen LogP contribution in [0.4, 0.5) is 16.4 Å². The average Bonchev–Trinajstić information content (AvgIpc) is 2.97. The summed E-state index contributed by atoms with van der Waals surface area (Å²) in [4.78, 5) is 18.1. The minimum atomic E-state index is -0.597. The summed E-state index contributed by atoms with van der Waals surface area (Å²) in [6.45, 7) is 3.82. The summed E-state index contributed by atoms with van der Waals surface area (Å²) in [7, 11) is 0. The fourth-order valence-electron chi connectivity index (χ4n) is 2.64. The molecule has 1 heterocycles. The molecule has 0 aliphatic rings. The molecule has 2 aromatic carbocycles. The summed E-state index contributed by atoms with van der Waals surface area (Å²) in [6, 6.07) is 16.6. The van der Waals surface area contributed by atoms with Crippen molar-refractivity contribution in [2.45, 2.75) is 20.3 Å². The molecular formula is C18H19N5O. The molecule has 0 bridgehead atoms. The van der Waals surface area contributed by atoms with E-state index in [9.17, 15) is 4.79 Å². The molecule has 0 saturated carbocycles. The number of para-hydroxylation sites is 2. The lowest BCUT2D eigenvalue weighted by Crippen LogP contribution is -2.34. The summed E-state index contributed by atoms with van der Waals surface area (Å²) >= 11 is 0. The van der Waals surface area contributed by atoms with Crippen LogP contribution in [-0.2, 0) is 6.42 Å². The molecule has 122 valence electrons. The van der Waals surface area contributed by atoms with Crippen molar-refractivity contribution in [1.29, 1.82) is 0 Å². The molecule has 0 aliphatic carbocycles. The van der Waals surface area contributed by atoms with Crippen LogP contribution in [-0.4, -0.2) is 20.8 Å². The van der Waals surface area contributed by atoms with Crippen molar-refractivity contribution >= 4 is 17.7 Å².